The Bertz CT molecular complexity index is 563. The summed E-state index contributed by atoms with van der Waals surface area (Å²) < 4.78 is 5.65. The number of carbonyl (C=O) groups is 2. The number of carbonyl (C=O) groups excluding carboxylic acids is 1. The molecule has 1 aliphatic rings. The number of benzene rings is 1. The van der Waals surface area contributed by atoms with E-state index < -0.39 is 5.97 Å². The smallest absolute Gasteiger partial charge is 0.319 e. The van der Waals surface area contributed by atoms with E-state index in [1.807, 2.05) is 24.3 Å². The first-order chi connectivity index (χ1) is 11.9. The molecule has 0 spiro atoms. The van der Waals surface area contributed by atoms with Crippen molar-refractivity contribution in [3.8, 4) is 5.75 Å². The molecule has 0 aliphatic heterocycles. The van der Waals surface area contributed by atoms with Crippen LogP contribution in [0, 0.1) is 11.8 Å². The highest BCUT2D eigenvalue weighted by molar-refractivity contribution is 5.89. The lowest BCUT2D eigenvalue weighted by Crippen LogP contribution is -2.40. The third kappa shape index (κ3) is 6.64. The molecule has 2 amide bonds. The molecule has 3 N–H and O–H groups in total. The molecule has 6 heteroatoms. The summed E-state index contributed by atoms with van der Waals surface area (Å²) in [6, 6.07) is 7.08. The molecule has 2 rings (SSSR count). The summed E-state index contributed by atoms with van der Waals surface area (Å²) in [6.45, 7) is 5.00. The number of urea groups is 1. The van der Waals surface area contributed by atoms with E-state index in [2.05, 4.69) is 24.5 Å². The zero-order valence-electron chi connectivity index (χ0n) is 15.0. The van der Waals surface area contributed by atoms with Crippen LogP contribution in [0.15, 0.2) is 24.3 Å². The van der Waals surface area contributed by atoms with Crippen molar-refractivity contribution < 1.29 is 19.4 Å². The number of hydrogen-bond donors (Lipinski definition) is 3. The van der Waals surface area contributed by atoms with Gasteiger partial charge in [0.15, 0.2) is 0 Å². The van der Waals surface area contributed by atoms with Gasteiger partial charge in [-0.3, -0.25) is 4.79 Å². The number of carboxylic acid groups (broad SMARTS) is 1. The SMILES string of the molecule is CC(C)CCOc1ccc(NC(=O)NC2CCC(C(=O)O)CC2)cc1. The van der Waals surface area contributed by atoms with Gasteiger partial charge in [0.1, 0.15) is 5.75 Å². The van der Waals surface area contributed by atoms with E-state index in [9.17, 15) is 9.59 Å². The first kappa shape index (κ1) is 19.1. The Balaban J connectivity index is 1.72. The first-order valence-corrected chi connectivity index (χ1v) is 8.97. The molecule has 1 aliphatic carbocycles. The van der Waals surface area contributed by atoms with Gasteiger partial charge in [0, 0.05) is 11.7 Å². The van der Waals surface area contributed by atoms with Gasteiger partial charge in [-0.15, -0.1) is 0 Å². The van der Waals surface area contributed by atoms with E-state index in [1.165, 1.54) is 0 Å². The highest BCUT2D eigenvalue weighted by atomic mass is 16.5. The molecule has 6 nitrogen and oxygen atoms in total. The van der Waals surface area contributed by atoms with Crippen LogP contribution in [0.3, 0.4) is 0 Å². The Morgan fingerprint density at radius 2 is 1.80 bits per heavy atom. The number of anilines is 1. The van der Waals surface area contributed by atoms with Crippen LogP contribution in [0.1, 0.15) is 46.0 Å². The third-order valence-corrected chi connectivity index (χ3v) is 4.49. The average Bonchev–Trinajstić information content (AvgIpc) is 2.56. The number of rotatable bonds is 7. The van der Waals surface area contributed by atoms with Gasteiger partial charge in [-0.05, 0) is 62.3 Å². The van der Waals surface area contributed by atoms with E-state index >= 15 is 0 Å². The van der Waals surface area contributed by atoms with Crippen molar-refractivity contribution in [2.45, 2.75) is 52.0 Å². The van der Waals surface area contributed by atoms with E-state index in [0.717, 1.165) is 12.2 Å². The van der Waals surface area contributed by atoms with E-state index in [4.69, 9.17) is 9.84 Å². The summed E-state index contributed by atoms with van der Waals surface area (Å²) in [5, 5.41) is 14.7. The number of carboxylic acids is 1. The van der Waals surface area contributed by atoms with Crippen molar-refractivity contribution in [3.05, 3.63) is 24.3 Å². The Kier molecular flexibility index (Phi) is 7.10. The van der Waals surface area contributed by atoms with Gasteiger partial charge < -0.3 is 20.5 Å². The first-order valence-electron chi connectivity index (χ1n) is 8.97. The van der Waals surface area contributed by atoms with Gasteiger partial charge in [0.2, 0.25) is 0 Å². The quantitative estimate of drug-likeness (QED) is 0.698. The zero-order chi connectivity index (χ0) is 18.2. The molecule has 0 radical (unpaired) electrons. The highest BCUT2D eigenvalue weighted by Gasteiger charge is 2.26. The lowest BCUT2D eigenvalue weighted by molar-refractivity contribution is -0.142. The number of amides is 2. The largest absolute Gasteiger partial charge is 0.494 e. The topological polar surface area (TPSA) is 87.7 Å². The van der Waals surface area contributed by atoms with Crippen molar-refractivity contribution in [1.29, 1.82) is 0 Å². The summed E-state index contributed by atoms with van der Waals surface area (Å²) >= 11 is 0. The Morgan fingerprint density at radius 1 is 1.16 bits per heavy atom. The normalized spacial score (nSPS) is 20.1. The minimum atomic E-state index is -0.737. The minimum absolute atomic E-state index is 0.0363. The molecule has 25 heavy (non-hydrogen) atoms. The molecule has 0 saturated heterocycles. The summed E-state index contributed by atoms with van der Waals surface area (Å²) in [5.74, 6) is 0.386. The van der Waals surface area contributed by atoms with Crippen LogP contribution in [0.5, 0.6) is 5.75 Å². The molecule has 0 unspecified atom stereocenters. The van der Waals surface area contributed by atoms with E-state index in [0.29, 0.717) is 43.9 Å². The van der Waals surface area contributed by atoms with Crippen LogP contribution >= 0.6 is 0 Å². The molecule has 138 valence electrons. The molecule has 0 heterocycles. The number of aliphatic carboxylic acids is 1. The Hall–Kier alpha value is -2.24. The Labute approximate surface area is 149 Å². The van der Waals surface area contributed by atoms with Crippen molar-refractivity contribution in [2.24, 2.45) is 11.8 Å². The average molecular weight is 348 g/mol. The van der Waals surface area contributed by atoms with Crippen LogP contribution < -0.4 is 15.4 Å². The summed E-state index contributed by atoms with van der Waals surface area (Å²) in [6.07, 6.45) is 3.64. The highest BCUT2D eigenvalue weighted by Crippen LogP contribution is 2.24. The molecule has 1 aromatic carbocycles. The van der Waals surface area contributed by atoms with Crippen LogP contribution in [0.4, 0.5) is 10.5 Å². The molecule has 1 saturated carbocycles. The molecule has 0 bridgehead atoms. The van der Waals surface area contributed by atoms with Gasteiger partial charge in [0.25, 0.3) is 0 Å². The van der Waals surface area contributed by atoms with Crippen molar-refractivity contribution in [3.63, 3.8) is 0 Å². The molecule has 1 fully saturated rings. The maximum absolute atomic E-state index is 12.1. The van der Waals surface area contributed by atoms with Crippen LogP contribution in [0.25, 0.3) is 0 Å². The number of nitrogens with one attached hydrogen (secondary N) is 2. The van der Waals surface area contributed by atoms with Crippen LogP contribution in [0.2, 0.25) is 0 Å². The second kappa shape index (κ2) is 9.30. The number of hydrogen-bond acceptors (Lipinski definition) is 3. The summed E-state index contributed by atoms with van der Waals surface area (Å²) in [7, 11) is 0. The maximum atomic E-state index is 12.1. The van der Waals surface area contributed by atoms with Gasteiger partial charge in [-0.1, -0.05) is 13.8 Å². The van der Waals surface area contributed by atoms with Gasteiger partial charge in [-0.2, -0.15) is 0 Å². The molecule has 0 aromatic heterocycles. The predicted molar refractivity (Wildman–Crippen MR) is 96.9 cm³/mol. The lowest BCUT2D eigenvalue weighted by Gasteiger charge is -2.26. The lowest BCUT2D eigenvalue weighted by atomic mass is 9.86. The Morgan fingerprint density at radius 3 is 2.36 bits per heavy atom. The monoisotopic (exact) mass is 348 g/mol. The van der Waals surface area contributed by atoms with Gasteiger partial charge in [-0.25, -0.2) is 4.79 Å². The summed E-state index contributed by atoms with van der Waals surface area (Å²) in [5.41, 5.74) is 0.702. The standard InChI is InChI=1S/C19H28N2O4/c1-13(2)11-12-25-17-9-7-16(8-10-17)21-19(24)20-15-5-3-14(4-6-15)18(22)23/h7-10,13-15H,3-6,11-12H2,1-2H3,(H,22,23)(H2,20,21,24). The molecular weight excluding hydrogens is 320 g/mol. The van der Waals surface area contributed by atoms with Crippen molar-refractivity contribution in [1.82, 2.24) is 5.32 Å². The van der Waals surface area contributed by atoms with Crippen LogP contribution in [-0.2, 0) is 4.79 Å². The van der Waals surface area contributed by atoms with Gasteiger partial charge in [0.05, 0.1) is 12.5 Å². The fourth-order valence-corrected chi connectivity index (χ4v) is 2.88. The van der Waals surface area contributed by atoms with Crippen LogP contribution in [-0.4, -0.2) is 29.8 Å². The fourth-order valence-electron chi connectivity index (χ4n) is 2.88. The second-order valence-electron chi connectivity index (χ2n) is 7.04. The fraction of sp³-hybridized carbons (Fsp3) is 0.579. The van der Waals surface area contributed by atoms with Gasteiger partial charge >= 0.3 is 12.0 Å². The molecule has 0 atom stereocenters. The predicted octanol–water partition coefficient (Wildman–Crippen LogP) is 3.88. The molecular formula is C19H28N2O4. The van der Waals surface area contributed by atoms with E-state index in [1.54, 1.807) is 0 Å². The number of ether oxygens (including phenoxy) is 1. The van der Waals surface area contributed by atoms with Crippen molar-refractivity contribution >= 4 is 17.7 Å². The van der Waals surface area contributed by atoms with Crippen molar-refractivity contribution in [2.75, 3.05) is 11.9 Å². The second-order valence-corrected chi connectivity index (χ2v) is 7.04. The zero-order valence-corrected chi connectivity index (χ0v) is 15.0. The maximum Gasteiger partial charge on any atom is 0.319 e. The third-order valence-electron chi connectivity index (χ3n) is 4.49. The summed E-state index contributed by atoms with van der Waals surface area (Å²) in [4.78, 5) is 23.0. The minimum Gasteiger partial charge on any atom is -0.494 e. The van der Waals surface area contributed by atoms with E-state index in [-0.39, 0.29) is 18.0 Å². The molecule has 1 aromatic rings.